The van der Waals surface area contributed by atoms with Crippen LogP contribution in [0.5, 0.6) is 0 Å². The summed E-state index contributed by atoms with van der Waals surface area (Å²) in [6.07, 6.45) is 2.26. The van der Waals surface area contributed by atoms with E-state index in [1.165, 1.54) is 15.5 Å². The summed E-state index contributed by atoms with van der Waals surface area (Å²) in [4.78, 5) is 19.8. The zero-order valence-corrected chi connectivity index (χ0v) is 12.2. The summed E-state index contributed by atoms with van der Waals surface area (Å²) in [7, 11) is 0. The minimum absolute atomic E-state index is 0.152. The van der Waals surface area contributed by atoms with Crippen LogP contribution in [0.1, 0.15) is 13.3 Å². The molecule has 2 N–H and O–H groups in total. The van der Waals surface area contributed by atoms with Crippen molar-refractivity contribution < 1.29 is 0 Å². The highest BCUT2D eigenvalue weighted by molar-refractivity contribution is 6.30. The van der Waals surface area contributed by atoms with Crippen molar-refractivity contribution >= 4 is 22.8 Å². The van der Waals surface area contributed by atoms with Crippen molar-refractivity contribution in [2.45, 2.75) is 19.9 Å². The first kappa shape index (κ1) is 13.6. The Balaban J connectivity index is 2.41. The van der Waals surface area contributed by atoms with Gasteiger partial charge in [0.15, 0.2) is 11.1 Å². The van der Waals surface area contributed by atoms with Crippen molar-refractivity contribution in [1.82, 2.24) is 19.1 Å². The van der Waals surface area contributed by atoms with Crippen molar-refractivity contribution in [3.8, 4) is 5.69 Å². The number of aromatic amines is 1. The van der Waals surface area contributed by atoms with Crippen molar-refractivity contribution in [2.24, 2.45) is 0 Å². The second-order valence-electron chi connectivity index (χ2n) is 4.70. The molecule has 0 aliphatic carbocycles. The highest BCUT2D eigenvalue weighted by Gasteiger charge is 2.14. The molecule has 0 bridgehead atoms. The fourth-order valence-electron chi connectivity index (χ4n) is 2.33. The van der Waals surface area contributed by atoms with E-state index in [0.29, 0.717) is 28.4 Å². The van der Waals surface area contributed by atoms with Crippen molar-refractivity contribution in [3.63, 3.8) is 0 Å². The molecule has 21 heavy (non-hydrogen) atoms. The Morgan fingerprint density at radius 2 is 2.05 bits per heavy atom. The number of halogens is 1. The summed E-state index contributed by atoms with van der Waals surface area (Å²) in [5, 5.41) is 8.75. The maximum absolute atomic E-state index is 12.7. The number of imidazole rings is 1. The van der Waals surface area contributed by atoms with E-state index < -0.39 is 0 Å². The van der Waals surface area contributed by atoms with E-state index >= 15 is 0 Å². The summed E-state index contributed by atoms with van der Waals surface area (Å²) in [5.74, 6) is 0. The smallest absolute Gasteiger partial charge is 0.336 e. The van der Waals surface area contributed by atoms with Crippen LogP contribution in [0.3, 0.4) is 0 Å². The van der Waals surface area contributed by atoms with Crippen LogP contribution in [-0.4, -0.2) is 19.1 Å². The number of hydrogen-bond donors (Lipinski definition) is 2. The number of rotatable bonds is 3. The lowest BCUT2D eigenvalue weighted by Crippen LogP contribution is -2.39. The van der Waals surface area contributed by atoms with Crippen LogP contribution >= 0.6 is 11.6 Å². The van der Waals surface area contributed by atoms with Crippen LogP contribution in [-0.2, 0) is 6.54 Å². The molecule has 0 saturated heterocycles. The second-order valence-corrected chi connectivity index (χ2v) is 5.13. The van der Waals surface area contributed by atoms with Gasteiger partial charge in [0.25, 0.3) is 0 Å². The number of hydrogen-bond acceptors (Lipinski definition) is 3. The normalized spacial score (nSPS) is 11.1. The van der Waals surface area contributed by atoms with Crippen molar-refractivity contribution in [1.29, 1.82) is 5.41 Å². The van der Waals surface area contributed by atoms with Gasteiger partial charge in [0, 0.05) is 11.6 Å². The molecule has 6 nitrogen and oxygen atoms in total. The predicted molar refractivity (Wildman–Crippen MR) is 80.8 cm³/mol. The van der Waals surface area contributed by atoms with E-state index in [4.69, 9.17) is 17.0 Å². The Bertz CT molecular complexity index is 904. The topological polar surface area (TPSA) is 79.5 Å². The molecule has 2 aromatic heterocycles. The van der Waals surface area contributed by atoms with E-state index in [0.717, 1.165) is 6.42 Å². The monoisotopic (exact) mass is 303 g/mol. The molecule has 0 aliphatic heterocycles. The van der Waals surface area contributed by atoms with Gasteiger partial charge in [-0.25, -0.2) is 14.3 Å². The molecule has 108 valence electrons. The second kappa shape index (κ2) is 5.21. The van der Waals surface area contributed by atoms with Gasteiger partial charge in [-0.1, -0.05) is 18.5 Å². The third kappa shape index (κ3) is 2.17. The van der Waals surface area contributed by atoms with E-state index in [-0.39, 0.29) is 11.2 Å². The van der Waals surface area contributed by atoms with Crippen LogP contribution in [0.2, 0.25) is 5.02 Å². The first-order chi connectivity index (χ1) is 10.1. The van der Waals surface area contributed by atoms with Crippen LogP contribution < -0.4 is 11.2 Å². The third-order valence-corrected chi connectivity index (χ3v) is 3.54. The van der Waals surface area contributed by atoms with Crippen molar-refractivity contribution in [3.05, 3.63) is 51.6 Å². The van der Waals surface area contributed by atoms with E-state index in [1.54, 1.807) is 24.3 Å². The third-order valence-electron chi connectivity index (χ3n) is 3.29. The molecule has 3 aromatic rings. The van der Waals surface area contributed by atoms with Crippen molar-refractivity contribution in [2.75, 3.05) is 0 Å². The first-order valence-corrected chi connectivity index (χ1v) is 7.00. The molecule has 0 radical (unpaired) electrons. The molecule has 7 heteroatoms. The molecule has 0 unspecified atom stereocenters. The van der Waals surface area contributed by atoms with Gasteiger partial charge in [-0.15, -0.1) is 0 Å². The molecule has 3 rings (SSSR count). The summed E-state index contributed by atoms with van der Waals surface area (Å²) in [6.45, 7) is 2.45. The van der Waals surface area contributed by atoms with Gasteiger partial charge in [0.05, 0.1) is 12.0 Å². The number of fused-ring (bicyclic) bond motifs is 1. The van der Waals surface area contributed by atoms with E-state index in [2.05, 4.69) is 9.97 Å². The molecular formula is C14H14ClN5O. The Kier molecular flexibility index (Phi) is 3.39. The number of nitrogens with zero attached hydrogens (tertiary/aromatic N) is 3. The first-order valence-electron chi connectivity index (χ1n) is 6.63. The largest absolute Gasteiger partial charge is 0.340 e. The van der Waals surface area contributed by atoms with Gasteiger partial charge in [0.1, 0.15) is 5.52 Å². The average Bonchev–Trinajstić information content (AvgIpc) is 2.95. The van der Waals surface area contributed by atoms with Gasteiger partial charge in [-0.2, -0.15) is 0 Å². The number of benzene rings is 1. The number of aromatic nitrogens is 4. The number of H-pyrrole nitrogens is 1. The molecule has 0 fully saturated rings. The van der Waals surface area contributed by atoms with Crippen LogP contribution in [0.15, 0.2) is 35.4 Å². The highest BCUT2D eigenvalue weighted by Crippen LogP contribution is 2.14. The van der Waals surface area contributed by atoms with E-state index in [9.17, 15) is 4.79 Å². The highest BCUT2D eigenvalue weighted by atomic mass is 35.5. The molecule has 2 heterocycles. The molecule has 0 amide bonds. The fraction of sp³-hybridized carbons (Fsp3) is 0.214. The van der Waals surface area contributed by atoms with Gasteiger partial charge in [-0.3, -0.25) is 9.98 Å². The lowest BCUT2D eigenvalue weighted by molar-refractivity contribution is 0.593. The Labute approximate surface area is 125 Å². The van der Waals surface area contributed by atoms with Crippen LogP contribution in [0.4, 0.5) is 0 Å². The zero-order chi connectivity index (χ0) is 15.0. The minimum atomic E-state index is -0.274. The van der Waals surface area contributed by atoms with Gasteiger partial charge < -0.3 is 4.98 Å². The standard InChI is InChI=1S/C14H14ClN5O/c1-2-7-19-12(16)11-13(18-8-17-11)20(14(19)21)10-5-3-9(15)4-6-10/h3-6,8,16H,2,7H2,1H3,(H,17,18). The SMILES string of the molecule is CCCn1c(=N)c2[nH]cnc2n(-c2ccc(Cl)cc2)c1=O. The molecular weight excluding hydrogens is 290 g/mol. The predicted octanol–water partition coefficient (Wildman–Crippen LogP) is 2.06. The van der Waals surface area contributed by atoms with Crippen LogP contribution in [0, 0.1) is 5.41 Å². The lowest BCUT2D eigenvalue weighted by Gasteiger charge is -2.11. The maximum atomic E-state index is 12.7. The quantitative estimate of drug-likeness (QED) is 0.776. The fourth-order valence-corrected chi connectivity index (χ4v) is 2.45. The summed E-state index contributed by atoms with van der Waals surface area (Å²) in [6, 6.07) is 6.97. The minimum Gasteiger partial charge on any atom is -0.340 e. The molecule has 0 aliphatic rings. The Morgan fingerprint density at radius 3 is 2.71 bits per heavy atom. The Morgan fingerprint density at radius 1 is 1.33 bits per heavy atom. The molecule has 0 saturated carbocycles. The molecule has 1 aromatic carbocycles. The average molecular weight is 304 g/mol. The Hall–Kier alpha value is -2.34. The van der Waals surface area contributed by atoms with Gasteiger partial charge in [0.2, 0.25) is 0 Å². The maximum Gasteiger partial charge on any atom is 0.336 e. The number of nitrogens with one attached hydrogen (secondary N) is 2. The lowest BCUT2D eigenvalue weighted by atomic mass is 10.3. The summed E-state index contributed by atoms with van der Waals surface area (Å²) < 4.78 is 2.94. The summed E-state index contributed by atoms with van der Waals surface area (Å²) in [5.41, 5.74) is 1.53. The molecule has 0 atom stereocenters. The van der Waals surface area contributed by atoms with Gasteiger partial charge >= 0.3 is 5.69 Å². The van der Waals surface area contributed by atoms with E-state index in [1.807, 2.05) is 6.92 Å². The zero-order valence-electron chi connectivity index (χ0n) is 11.4. The summed E-state index contributed by atoms with van der Waals surface area (Å²) >= 11 is 5.90. The van der Waals surface area contributed by atoms with Crippen LogP contribution in [0.25, 0.3) is 16.9 Å². The molecule has 0 spiro atoms. The van der Waals surface area contributed by atoms with Gasteiger partial charge in [-0.05, 0) is 30.7 Å².